The number of aryl methyl sites for hydroxylation is 1. The number of nitrogens with zero attached hydrogens (tertiary/aromatic N) is 2. The van der Waals surface area contributed by atoms with Crippen LogP contribution < -0.4 is 10.5 Å². The highest BCUT2D eigenvalue weighted by atomic mass is 32.2. The lowest BCUT2D eigenvalue weighted by molar-refractivity contribution is 0.600. The third kappa shape index (κ3) is 3.71. The fourth-order valence-corrected chi connectivity index (χ4v) is 3.83. The van der Waals surface area contributed by atoms with E-state index >= 15 is 0 Å². The van der Waals surface area contributed by atoms with Crippen molar-refractivity contribution in [3.05, 3.63) is 40.4 Å². The lowest BCUT2D eigenvalue weighted by Crippen LogP contribution is -2.18. The number of benzene rings is 1. The van der Waals surface area contributed by atoms with Gasteiger partial charge in [-0.2, -0.15) is 0 Å². The predicted octanol–water partition coefficient (Wildman–Crippen LogP) is 1.42. The van der Waals surface area contributed by atoms with Crippen LogP contribution in [0, 0.1) is 6.92 Å². The summed E-state index contributed by atoms with van der Waals surface area (Å²) in [7, 11) is -3.59. The number of hydrogen-bond donors (Lipinski definition) is 2. The van der Waals surface area contributed by atoms with Gasteiger partial charge in [0.1, 0.15) is 10.00 Å². The third-order valence-corrected chi connectivity index (χ3v) is 4.70. The molecule has 0 bridgehead atoms. The van der Waals surface area contributed by atoms with Crippen LogP contribution in [0.15, 0.2) is 24.3 Å². The van der Waals surface area contributed by atoms with Crippen LogP contribution in [0.25, 0.3) is 0 Å². The summed E-state index contributed by atoms with van der Waals surface area (Å²) in [5.74, 6) is -0.223. The number of hydrogen-bond acceptors (Lipinski definition) is 6. The molecule has 0 saturated carbocycles. The zero-order valence-electron chi connectivity index (χ0n) is 10.5. The first-order valence-electron chi connectivity index (χ1n) is 5.56. The van der Waals surface area contributed by atoms with E-state index in [0.717, 1.165) is 0 Å². The Hall–Kier alpha value is -1.58. The van der Waals surface area contributed by atoms with Crippen LogP contribution in [0.4, 0.5) is 5.13 Å². The Morgan fingerprint density at radius 3 is 2.70 bits per heavy atom. The molecular formula is C11H12N4O2S3. The zero-order chi connectivity index (χ0) is 14.8. The second kappa shape index (κ2) is 5.81. The number of rotatable bonds is 5. The van der Waals surface area contributed by atoms with Gasteiger partial charge < -0.3 is 5.73 Å². The summed E-state index contributed by atoms with van der Waals surface area (Å²) in [5, 5.41) is 8.41. The van der Waals surface area contributed by atoms with Gasteiger partial charge in [0.2, 0.25) is 15.2 Å². The molecule has 2 aromatic rings. The van der Waals surface area contributed by atoms with Crippen LogP contribution in [0.1, 0.15) is 16.1 Å². The fourth-order valence-electron chi connectivity index (χ4n) is 1.60. The Morgan fingerprint density at radius 1 is 1.40 bits per heavy atom. The van der Waals surface area contributed by atoms with Crippen molar-refractivity contribution in [3.8, 4) is 0 Å². The van der Waals surface area contributed by atoms with Gasteiger partial charge in [-0.3, -0.25) is 4.72 Å². The molecule has 1 heterocycles. The van der Waals surface area contributed by atoms with Gasteiger partial charge >= 0.3 is 0 Å². The molecule has 1 aromatic heterocycles. The van der Waals surface area contributed by atoms with Crippen molar-refractivity contribution < 1.29 is 8.42 Å². The lowest BCUT2D eigenvalue weighted by Gasteiger charge is -2.09. The van der Waals surface area contributed by atoms with E-state index in [-0.39, 0.29) is 15.9 Å². The molecule has 0 radical (unpaired) electrons. The smallest absolute Gasteiger partial charge is 0.238 e. The molecule has 9 heteroatoms. The molecule has 20 heavy (non-hydrogen) atoms. The number of anilines is 1. The van der Waals surface area contributed by atoms with Crippen molar-refractivity contribution in [2.45, 2.75) is 12.7 Å². The highest BCUT2D eigenvalue weighted by molar-refractivity contribution is 7.92. The molecule has 0 unspecified atom stereocenters. The van der Waals surface area contributed by atoms with E-state index in [1.54, 1.807) is 31.2 Å². The number of aromatic nitrogens is 2. The van der Waals surface area contributed by atoms with Gasteiger partial charge in [-0.15, -0.1) is 10.2 Å². The van der Waals surface area contributed by atoms with E-state index < -0.39 is 10.0 Å². The van der Waals surface area contributed by atoms with Gasteiger partial charge in [-0.25, -0.2) is 8.42 Å². The van der Waals surface area contributed by atoms with Crippen LogP contribution in [-0.4, -0.2) is 23.6 Å². The lowest BCUT2D eigenvalue weighted by atomic mass is 10.1. The van der Waals surface area contributed by atoms with Gasteiger partial charge in [0, 0.05) is 5.56 Å². The Bertz CT molecular complexity index is 740. The first kappa shape index (κ1) is 14.8. The van der Waals surface area contributed by atoms with Crippen molar-refractivity contribution >= 4 is 43.7 Å². The van der Waals surface area contributed by atoms with E-state index in [2.05, 4.69) is 14.9 Å². The predicted molar refractivity (Wildman–Crippen MR) is 83.2 cm³/mol. The molecule has 0 aliphatic carbocycles. The molecule has 1 aromatic carbocycles. The van der Waals surface area contributed by atoms with E-state index in [1.165, 1.54) is 11.3 Å². The van der Waals surface area contributed by atoms with E-state index in [9.17, 15) is 8.42 Å². The van der Waals surface area contributed by atoms with Crippen molar-refractivity contribution in [3.63, 3.8) is 0 Å². The quantitative estimate of drug-likeness (QED) is 0.806. The molecule has 0 atom stereocenters. The van der Waals surface area contributed by atoms with Gasteiger partial charge in [-0.1, -0.05) is 47.8 Å². The standard InChI is InChI=1S/C11H12N4O2S3/c1-7-13-14-11(19-7)15-20(16,17)6-8-4-2-3-5-9(8)10(12)18/h2-5H,6H2,1H3,(H2,12,18)(H,14,15). The minimum atomic E-state index is -3.59. The maximum Gasteiger partial charge on any atom is 0.238 e. The minimum Gasteiger partial charge on any atom is -0.389 e. The summed E-state index contributed by atoms with van der Waals surface area (Å²) >= 11 is 6.09. The molecule has 0 fully saturated rings. The molecule has 3 N–H and O–H groups in total. The normalized spacial score (nSPS) is 11.2. The first-order chi connectivity index (χ1) is 9.37. The fraction of sp³-hybridized carbons (Fsp3) is 0.182. The molecule has 0 saturated heterocycles. The van der Waals surface area contributed by atoms with Crippen molar-refractivity contribution in [2.24, 2.45) is 5.73 Å². The Kier molecular flexibility index (Phi) is 4.31. The second-order valence-electron chi connectivity index (χ2n) is 4.01. The summed E-state index contributed by atoms with van der Waals surface area (Å²) in [4.78, 5) is 0.169. The van der Waals surface area contributed by atoms with Crippen LogP contribution in [0.2, 0.25) is 0 Å². The zero-order valence-corrected chi connectivity index (χ0v) is 13.0. The summed E-state index contributed by atoms with van der Waals surface area (Å²) < 4.78 is 26.6. The summed E-state index contributed by atoms with van der Waals surface area (Å²) in [5.41, 5.74) is 6.69. The van der Waals surface area contributed by atoms with E-state index in [0.29, 0.717) is 16.1 Å². The molecular weight excluding hydrogens is 316 g/mol. The van der Waals surface area contributed by atoms with Gasteiger partial charge in [-0.05, 0) is 12.5 Å². The minimum absolute atomic E-state index is 0.169. The topological polar surface area (TPSA) is 98.0 Å². The largest absolute Gasteiger partial charge is 0.389 e. The molecule has 6 nitrogen and oxygen atoms in total. The van der Waals surface area contributed by atoms with E-state index in [1.807, 2.05) is 0 Å². The Balaban J connectivity index is 2.22. The Morgan fingerprint density at radius 2 is 2.10 bits per heavy atom. The van der Waals surface area contributed by atoms with Gasteiger partial charge in [0.05, 0.1) is 5.75 Å². The Labute approximate surface area is 126 Å². The molecule has 0 aliphatic rings. The van der Waals surface area contributed by atoms with Crippen LogP contribution in [0.5, 0.6) is 0 Å². The summed E-state index contributed by atoms with van der Waals surface area (Å²) in [6.07, 6.45) is 0. The van der Waals surface area contributed by atoms with Crippen LogP contribution >= 0.6 is 23.6 Å². The van der Waals surface area contributed by atoms with E-state index in [4.69, 9.17) is 18.0 Å². The van der Waals surface area contributed by atoms with Crippen molar-refractivity contribution in [1.82, 2.24) is 10.2 Å². The van der Waals surface area contributed by atoms with Crippen molar-refractivity contribution in [1.29, 1.82) is 0 Å². The second-order valence-corrected chi connectivity index (χ2v) is 7.35. The molecule has 0 aliphatic heterocycles. The number of sulfonamides is 1. The summed E-state index contributed by atoms with van der Waals surface area (Å²) in [6, 6.07) is 6.87. The summed E-state index contributed by atoms with van der Waals surface area (Å²) in [6.45, 7) is 1.75. The molecule has 0 spiro atoms. The maximum atomic E-state index is 12.1. The monoisotopic (exact) mass is 328 g/mol. The first-order valence-corrected chi connectivity index (χ1v) is 8.43. The maximum absolute atomic E-state index is 12.1. The van der Waals surface area contributed by atoms with Gasteiger partial charge in [0.25, 0.3) is 0 Å². The number of nitrogens with one attached hydrogen (secondary N) is 1. The van der Waals surface area contributed by atoms with Crippen LogP contribution in [0.3, 0.4) is 0 Å². The highest BCUT2D eigenvalue weighted by Crippen LogP contribution is 2.18. The number of nitrogens with two attached hydrogens (primary N) is 1. The number of thiocarbonyl (C=S) groups is 1. The average molecular weight is 328 g/mol. The third-order valence-electron chi connectivity index (χ3n) is 2.40. The van der Waals surface area contributed by atoms with Crippen molar-refractivity contribution in [2.75, 3.05) is 4.72 Å². The molecule has 106 valence electrons. The highest BCUT2D eigenvalue weighted by Gasteiger charge is 2.17. The van der Waals surface area contributed by atoms with Crippen LogP contribution in [-0.2, 0) is 15.8 Å². The van der Waals surface area contributed by atoms with Gasteiger partial charge in [0.15, 0.2) is 0 Å². The average Bonchev–Trinajstić information content (AvgIpc) is 2.73. The SMILES string of the molecule is Cc1nnc(NS(=O)(=O)Cc2ccccc2C(N)=S)s1. The molecule has 0 amide bonds. The molecule has 2 rings (SSSR count).